The van der Waals surface area contributed by atoms with Crippen LogP contribution in [0.2, 0.25) is 0 Å². The molecule has 3 nitrogen and oxygen atoms in total. The minimum absolute atomic E-state index is 0.0619. The van der Waals surface area contributed by atoms with Crippen LogP contribution in [0.4, 0.5) is 0 Å². The van der Waals surface area contributed by atoms with Gasteiger partial charge in [0, 0.05) is 6.42 Å². The van der Waals surface area contributed by atoms with Gasteiger partial charge in [0.25, 0.3) is 0 Å². The quantitative estimate of drug-likeness (QED) is 0.550. The van der Waals surface area contributed by atoms with Gasteiger partial charge in [-0.15, -0.1) is 0 Å². The molecule has 0 aromatic carbocycles. The van der Waals surface area contributed by atoms with Gasteiger partial charge in [-0.2, -0.15) is 5.26 Å². The van der Waals surface area contributed by atoms with E-state index in [4.69, 9.17) is 5.26 Å². The third-order valence-electron chi connectivity index (χ3n) is 1.71. The molecule has 0 spiro atoms. The Balaban J connectivity index is 2.87. The third kappa shape index (κ3) is 1.66. The van der Waals surface area contributed by atoms with E-state index in [9.17, 15) is 9.90 Å². The molecule has 3 heteroatoms. The largest absolute Gasteiger partial charge is 0.389 e. The molecule has 0 heterocycles. The molecule has 0 amide bonds. The highest BCUT2D eigenvalue weighted by Gasteiger charge is 2.29. The van der Waals surface area contributed by atoms with Gasteiger partial charge in [-0.3, -0.25) is 4.79 Å². The first-order valence-corrected chi connectivity index (χ1v) is 3.41. The van der Waals surface area contributed by atoms with Crippen LogP contribution >= 0.6 is 0 Å². The predicted octanol–water partition coefficient (Wildman–Crippen LogP) is 0.550. The molecule has 1 rings (SSSR count). The lowest BCUT2D eigenvalue weighted by atomic mass is 9.87. The number of carbonyl (C=O) groups excluding carboxylic acids is 1. The molecule has 0 saturated carbocycles. The lowest BCUT2D eigenvalue weighted by Crippen LogP contribution is -2.31. The van der Waals surface area contributed by atoms with Crippen molar-refractivity contribution in [1.29, 1.82) is 5.26 Å². The zero-order chi connectivity index (χ0) is 8.48. The van der Waals surface area contributed by atoms with Crippen molar-refractivity contribution in [2.45, 2.75) is 25.4 Å². The second-order valence-corrected chi connectivity index (χ2v) is 3.03. The fourth-order valence-corrected chi connectivity index (χ4v) is 1.06. The number of nitriles is 1. The van der Waals surface area contributed by atoms with Crippen molar-refractivity contribution >= 4 is 5.78 Å². The highest BCUT2D eigenvalue weighted by Crippen LogP contribution is 2.23. The maximum atomic E-state index is 11.0. The van der Waals surface area contributed by atoms with Crippen LogP contribution in [0.3, 0.4) is 0 Å². The Hall–Kier alpha value is -1.14. The number of aliphatic hydroxyl groups is 1. The maximum Gasteiger partial charge on any atom is 0.175 e. The lowest BCUT2D eigenvalue weighted by molar-refractivity contribution is -0.120. The van der Waals surface area contributed by atoms with Crippen LogP contribution < -0.4 is 0 Å². The molecule has 0 radical (unpaired) electrons. The monoisotopic (exact) mass is 151 g/mol. The molecule has 1 unspecified atom stereocenters. The summed E-state index contributed by atoms with van der Waals surface area (Å²) >= 11 is 0. The molecule has 1 atom stereocenters. The Morgan fingerprint density at radius 1 is 1.82 bits per heavy atom. The third-order valence-corrected chi connectivity index (χ3v) is 1.71. The van der Waals surface area contributed by atoms with Crippen LogP contribution in [0.5, 0.6) is 0 Å². The van der Waals surface area contributed by atoms with Gasteiger partial charge >= 0.3 is 0 Å². The Labute approximate surface area is 64.9 Å². The van der Waals surface area contributed by atoms with Crippen molar-refractivity contribution in [3.63, 3.8) is 0 Å². The molecule has 0 aliphatic heterocycles. The van der Waals surface area contributed by atoms with Crippen molar-refractivity contribution < 1.29 is 9.90 Å². The molecule has 1 aliphatic rings. The average molecular weight is 151 g/mol. The molecule has 0 aromatic heterocycles. The van der Waals surface area contributed by atoms with Crippen LogP contribution in [0.1, 0.15) is 19.8 Å². The summed E-state index contributed by atoms with van der Waals surface area (Å²) in [5.41, 5.74) is -0.770. The number of allylic oxidation sites excluding steroid dienone is 1. The van der Waals surface area contributed by atoms with Crippen molar-refractivity contribution in [3.05, 3.63) is 11.6 Å². The zero-order valence-corrected chi connectivity index (χ0v) is 6.29. The van der Waals surface area contributed by atoms with Crippen molar-refractivity contribution in [1.82, 2.24) is 0 Å². The number of nitrogens with zero attached hydrogens (tertiary/aromatic N) is 1. The average Bonchev–Trinajstić information content (AvgIpc) is 1.86. The number of Topliss-reactive ketones (excluding diaryl/α,β-unsaturated/α-hetero) is 1. The van der Waals surface area contributed by atoms with Crippen LogP contribution in [-0.2, 0) is 4.79 Å². The van der Waals surface area contributed by atoms with Crippen LogP contribution in [0.25, 0.3) is 0 Å². The molecule has 58 valence electrons. The normalized spacial score (nSPS) is 31.0. The van der Waals surface area contributed by atoms with E-state index in [2.05, 4.69) is 0 Å². The van der Waals surface area contributed by atoms with Gasteiger partial charge in [0.2, 0.25) is 0 Å². The molecule has 0 saturated heterocycles. The molecule has 0 aromatic rings. The van der Waals surface area contributed by atoms with E-state index in [1.807, 2.05) is 0 Å². The molecule has 0 fully saturated rings. The lowest BCUT2D eigenvalue weighted by Gasteiger charge is -2.23. The first kappa shape index (κ1) is 7.96. The second kappa shape index (κ2) is 2.48. The van der Waals surface area contributed by atoms with Gasteiger partial charge in [-0.05, 0) is 13.3 Å². The smallest absolute Gasteiger partial charge is 0.175 e. The van der Waals surface area contributed by atoms with Gasteiger partial charge in [-0.1, -0.05) is 6.08 Å². The van der Waals surface area contributed by atoms with Crippen LogP contribution in [0.15, 0.2) is 11.6 Å². The van der Waals surface area contributed by atoms with Crippen molar-refractivity contribution in [2.24, 2.45) is 0 Å². The van der Waals surface area contributed by atoms with Gasteiger partial charge in [0.15, 0.2) is 5.78 Å². The van der Waals surface area contributed by atoms with E-state index < -0.39 is 5.60 Å². The molecule has 1 N–H and O–H groups in total. The summed E-state index contributed by atoms with van der Waals surface area (Å²) in [5.74, 6) is -0.260. The van der Waals surface area contributed by atoms with E-state index in [-0.39, 0.29) is 17.8 Å². The summed E-state index contributed by atoms with van der Waals surface area (Å²) in [7, 11) is 0. The number of hydrogen-bond donors (Lipinski definition) is 1. The zero-order valence-electron chi connectivity index (χ0n) is 6.29. The fourth-order valence-electron chi connectivity index (χ4n) is 1.06. The Bertz CT molecular complexity index is 258. The fraction of sp³-hybridized carbons (Fsp3) is 0.500. The molecular weight excluding hydrogens is 142 g/mol. The number of carbonyl (C=O) groups is 1. The first-order chi connectivity index (χ1) is 5.05. The Kier molecular flexibility index (Phi) is 1.79. The standard InChI is InChI=1S/C8H9NO2/c1-8(11)3-2-6(5-9)7(10)4-8/h2,11H,3-4H2,1H3. The summed E-state index contributed by atoms with van der Waals surface area (Å²) in [6.07, 6.45) is 1.94. The van der Waals surface area contributed by atoms with Gasteiger partial charge in [0.05, 0.1) is 11.2 Å². The van der Waals surface area contributed by atoms with Gasteiger partial charge in [0.1, 0.15) is 6.07 Å². The van der Waals surface area contributed by atoms with E-state index in [0.29, 0.717) is 6.42 Å². The number of rotatable bonds is 0. The van der Waals surface area contributed by atoms with E-state index in [0.717, 1.165) is 0 Å². The van der Waals surface area contributed by atoms with Gasteiger partial charge < -0.3 is 5.11 Å². The summed E-state index contributed by atoms with van der Waals surface area (Å²) in [6, 6.07) is 1.79. The number of ketones is 1. The topological polar surface area (TPSA) is 61.1 Å². The first-order valence-electron chi connectivity index (χ1n) is 3.41. The molecule has 1 aliphatic carbocycles. The van der Waals surface area contributed by atoms with Crippen molar-refractivity contribution in [3.8, 4) is 6.07 Å². The summed E-state index contributed by atoms with van der Waals surface area (Å²) in [6.45, 7) is 1.59. The van der Waals surface area contributed by atoms with E-state index >= 15 is 0 Å². The highest BCUT2D eigenvalue weighted by molar-refractivity contribution is 6.00. The molecule has 11 heavy (non-hydrogen) atoms. The molecule has 0 bridgehead atoms. The number of hydrogen-bond acceptors (Lipinski definition) is 3. The van der Waals surface area contributed by atoms with Crippen LogP contribution in [0, 0.1) is 11.3 Å². The predicted molar refractivity (Wildman–Crippen MR) is 38.6 cm³/mol. The Morgan fingerprint density at radius 2 is 2.45 bits per heavy atom. The minimum Gasteiger partial charge on any atom is -0.389 e. The van der Waals surface area contributed by atoms with Gasteiger partial charge in [-0.25, -0.2) is 0 Å². The molecular formula is C8H9NO2. The highest BCUT2D eigenvalue weighted by atomic mass is 16.3. The SMILES string of the molecule is CC1(O)CC=C(C#N)C(=O)C1. The van der Waals surface area contributed by atoms with Crippen molar-refractivity contribution in [2.75, 3.05) is 0 Å². The Morgan fingerprint density at radius 3 is 2.91 bits per heavy atom. The summed E-state index contributed by atoms with van der Waals surface area (Å²) in [4.78, 5) is 11.0. The second-order valence-electron chi connectivity index (χ2n) is 3.03. The maximum absolute atomic E-state index is 11.0. The van der Waals surface area contributed by atoms with E-state index in [1.165, 1.54) is 6.08 Å². The summed E-state index contributed by atoms with van der Waals surface area (Å²) < 4.78 is 0. The van der Waals surface area contributed by atoms with Crippen LogP contribution in [-0.4, -0.2) is 16.5 Å². The van der Waals surface area contributed by atoms with E-state index in [1.54, 1.807) is 13.0 Å². The minimum atomic E-state index is -0.947. The summed E-state index contributed by atoms with van der Waals surface area (Å²) in [5, 5.41) is 17.8.